The van der Waals surface area contributed by atoms with Gasteiger partial charge in [-0.3, -0.25) is 0 Å². The number of hydrogen-bond donors (Lipinski definition) is 0. The van der Waals surface area contributed by atoms with Gasteiger partial charge in [0, 0.05) is 5.92 Å². The number of alkyl halides is 3. The molecule has 18 heavy (non-hydrogen) atoms. The highest BCUT2D eigenvalue weighted by Crippen LogP contribution is 2.32. The van der Waals surface area contributed by atoms with Gasteiger partial charge in [-0.05, 0) is 18.1 Å². The average molecular weight is 260 g/mol. The molecule has 0 amide bonds. The van der Waals surface area contributed by atoms with Gasteiger partial charge < -0.3 is 19.8 Å². The van der Waals surface area contributed by atoms with Crippen LogP contribution < -0.4 is 10.2 Å². The molecular weight excluding hydrogens is 253 g/mol. The van der Waals surface area contributed by atoms with Crippen molar-refractivity contribution in [2.45, 2.75) is 12.6 Å². The van der Waals surface area contributed by atoms with Crippen molar-refractivity contribution in [3.8, 4) is 0 Å². The zero-order chi connectivity index (χ0) is 13.9. The van der Waals surface area contributed by atoms with E-state index in [0.717, 1.165) is 18.2 Å². The second-order valence-electron chi connectivity index (χ2n) is 3.55. The number of aliphatic carboxylic acids is 2. The second kappa shape index (κ2) is 5.07. The predicted molar refractivity (Wildman–Crippen MR) is 48.7 cm³/mol. The molecule has 1 aromatic rings. The van der Waals surface area contributed by atoms with E-state index in [0.29, 0.717) is 0 Å². The monoisotopic (exact) mass is 260 g/mol. The van der Waals surface area contributed by atoms with Crippen LogP contribution in [0.4, 0.5) is 13.2 Å². The third kappa shape index (κ3) is 3.22. The summed E-state index contributed by atoms with van der Waals surface area (Å²) in [5.74, 6) is -6.08. The first-order valence-electron chi connectivity index (χ1n) is 4.80. The van der Waals surface area contributed by atoms with Crippen LogP contribution in [0.5, 0.6) is 0 Å². The Balaban J connectivity index is 3.11. The molecule has 0 aromatic heterocycles. The van der Waals surface area contributed by atoms with Crippen molar-refractivity contribution in [1.82, 2.24) is 0 Å². The van der Waals surface area contributed by atoms with E-state index in [2.05, 4.69) is 0 Å². The smallest absolute Gasteiger partial charge is 0.416 e. The maximum absolute atomic E-state index is 12.6. The van der Waals surface area contributed by atoms with Gasteiger partial charge in [0.25, 0.3) is 0 Å². The van der Waals surface area contributed by atoms with Crippen molar-refractivity contribution < 1.29 is 33.0 Å². The number of benzene rings is 1. The molecule has 7 heteroatoms. The fraction of sp³-hybridized carbons (Fsp3) is 0.273. The highest BCUT2D eigenvalue weighted by atomic mass is 19.4. The number of rotatable bonds is 4. The Morgan fingerprint density at radius 2 is 1.61 bits per heavy atom. The van der Waals surface area contributed by atoms with Gasteiger partial charge in [-0.2, -0.15) is 13.2 Å². The van der Waals surface area contributed by atoms with E-state index in [1.54, 1.807) is 0 Å². The van der Waals surface area contributed by atoms with Crippen LogP contribution >= 0.6 is 0 Å². The first-order valence-corrected chi connectivity index (χ1v) is 4.80. The summed E-state index contributed by atoms with van der Waals surface area (Å²) in [7, 11) is 0. The lowest BCUT2D eigenvalue weighted by atomic mass is 9.95. The molecule has 0 saturated heterocycles. The summed E-state index contributed by atoms with van der Waals surface area (Å²) in [5.41, 5.74) is -1.50. The normalized spacial score (nSPS) is 11.6. The summed E-state index contributed by atoms with van der Waals surface area (Å²) < 4.78 is 37.7. The molecule has 0 spiro atoms. The lowest BCUT2D eigenvalue weighted by Crippen LogP contribution is -2.44. The molecule has 4 nitrogen and oxygen atoms in total. The molecule has 0 atom stereocenters. The lowest BCUT2D eigenvalue weighted by molar-refractivity contribution is -0.331. The number of carboxylic acid groups (broad SMARTS) is 2. The third-order valence-electron chi connectivity index (χ3n) is 2.32. The molecule has 0 bridgehead atoms. The van der Waals surface area contributed by atoms with Gasteiger partial charge in [0.1, 0.15) is 0 Å². The number of carboxylic acids is 2. The van der Waals surface area contributed by atoms with Crippen LogP contribution in [0.1, 0.15) is 11.1 Å². The molecule has 0 unspecified atom stereocenters. The summed E-state index contributed by atoms with van der Waals surface area (Å²) in [6.45, 7) is 0. The van der Waals surface area contributed by atoms with Gasteiger partial charge in [-0.1, -0.05) is 18.2 Å². The van der Waals surface area contributed by atoms with E-state index in [1.165, 1.54) is 6.07 Å². The molecule has 0 N–H and O–H groups in total. The summed E-state index contributed by atoms with van der Waals surface area (Å²) in [6, 6.07) is 4.14. The van der Waals surface area contributed by atoms with Crippen molar-refractivity contribution in [3.05, 3.63) is 35.4 Å². The molecule has 0 saturated carbocycles. The maximum atomic E-state index is 12.6. The fourth-order valence-corrected chi connectivity index (χ4v) is 1.46. The van der Waals surface area contributed by atoms with E-state index in [1.807, 2.05) is 0 Å². The zero-order valence-corrected chi connectivity index (χ0v) is 8.86. The standard InChI is InChI=1S/C11H9F3O4/c12-11(13,14)8-4-2-1-3-6(8)5-7(9(15)16)10(17)18/h1-4,7H,5H2,(H,15,16)(H,17,18)/p-2. The minimum absolute atomic E-state index is 0.427. The quantitative estimate of drug-likeness (QED) is 0.675. The van der Waals surface area contributed by atoms with E-state index in [9.17, 15) is 33.0 Å². The SMILES string of the molecule is O=C([O-])C(Cc1ccccc1C(F)(F)F)C(=O)[O-]. The van der Waals surface area contributed by atoms with Crippen LogP contribution in [0.3, 0.4) is 0 Å². The Labute approximate surface area is 99.7 Å². The molecule has 1 rings (SSSR count). The van der Waals surface area contributed by atoms with E-state index in [-0.39, 0.29) is 0 Å². The molecule has 0 aliphatic heterocycles. The van der Waals surface area contributed by atoms with E-state index in [4.69, 9.17) is 0 Å². The third-order valence-corrected chi connectivity index (χ3v) is 2.32. The van der Waals surface area contributed by atoms with Crippen molar-refractivity contribution in [3.63, 3.8) is 0 Å². The Kier molecular flexibility index (Phi) is 3.95. The van der Waals surface area contributed by atoms with E-state index >= 15 is 0 Å². The van der Waals surface area contributed by atoms with Gasteiger partial charge in [-0.25, -0.2) is 0 Å². The molecule has 0 aliphatic carbocycles. The Hall–Kier alpha value is -2.05. The summed E-state index contributed by atoms with van der Waals surface area (Å²) >= 11 is 0. The highest BCUT2D eigenvalue weighted by Gasteiger charge is 2.33. The number of hydrogen-bond acceptors (Lipinski definition) is 4. The predicted octanol–water partition coefficient (Wildman–Crippen LogP) is -0.636. The minimum Gasteiger partial charge on any atom is -0.549 e. The Morgan fingerprint density at radius 3 is 2.06 bits per heavy atom. The molecule has 0 fully saturated rings. The minimum atomic E-state index is -4.68. The van der Waals surface area contributed by atoms with Crippen LogP contribution in [0, 0.1) is 5.92 Å². The number of carbonyl (C=O) groups excluding carboxylic acids is 2. The molecular formula is C11H7F3O4-2. The van der Waals surface area contributed by atoms with Crippen LogP contribution in [-0.4, -0.2) is 11.9 Å². The van der Waals surface area contributed by atoms with Crippen LogP contribution in [0.2, 0.25) is 0 Å². The first-order chi connectivity index (χ1) is 8.23. The van der Waals surface area contributed by atoms with Crippen molar-refractivity contribution in [2.75, 3.05) is 0 Å². The van der Waals surface area contributed by atoms with Crippen LogP contribution in [0.25, 0.3) is 0 Å². The van der Waals surface area contributed by atoms with Gasteiger partial charge in [0.15, 0.2) is 0 Å². The van der Waals surface area contributed by atoms with Crippen molar-refractivity contribution >= 4 is 11.9 Å². The van der Waals surface area contributed by atoms with Crippen molar-refractivity contribution in [2.24, 2.45) is 5.92 Å². The molecule has 0 heterocycles. The first kappa shape index (κ1) is 14.0. The lowest BCUT2D eigenvalue weighted by Gasteiger charge is -2.21. The zero-order valence-electron chi connectivity index (χ0n) is 8.86. The second-order valence-corrected chi connectivity index (χ2v) is 3.55. The Bertz CT molecular complexity index is 454. The van der Waals surface area contributed by atoms with Gasteiger partial charge in [-0.15, -0.1) is 0 Å². The Morgan fingerprint density at radius 1 is 1.11 bits per heavy atom. The highest BCUT2D eigenvalue weighted by molar-refractivity contribution is 5.91. The number of halogens is 3. The fourth-order valence-electron chi connectivity index (χ4n) is 1.46. The molecule has 1 aromatic carbocycles. The summed E-state index contributed by atoms with van der Waals surface area (Å²) in [6.07, 6.45) is -5.51. The average Bonchev–Trinajstić information content (AvgIpc) is 2.24. The molecule has 0 aliphatic rings. The van der Waals surface area contributed by atoms with Gasteiger partial charge in [0.2, 0.25) is 0 Å². The summed E-state index contributed by atoms with van der Waals surface area (Å²) in [5, 5.41) is 21.0. The van der Waals surface area contributed by atoms with Crippen molar-refractivity contribution in [1.29, 1.82) is 0 Å². The largest absolute Gasteiger partial charge is 0.549 e. The maximum Gasteiger partial charge on any atom is 0.416 e. The summed E-state index contributed by atoms with van der Waals surface area (Å²) in [4.78, 5) is 21.0. The van der Waals surface area contributed by atoms with Crippen LogP contribution in [-0.2, 0) is 22.2 Å². The number of carbonyl (C=O) groups is 2. The molecule has 0 radical (unpaired) electrons. The van der Waals surface area contributed by atoms with Gasteiger partial charge >= 0.3 is 6.18 Å². The van der Waals surface area contributed by atoms with Gasteiger partial charge in [0.05, 0.1) is 17.5 Å². The van der Waals surface area contributed by atoms with E-state index < -0.39 is 41.6 Å². The van der Waals surface area contributed by atoms with Crippen LogP contribution in [0.15, 0.2) is 24.3 Å². The molecule has 98 valence electrons. The topological polar surface area (TPSA) is 80.3 Å².